The molecule has 0 saturated carbocycles. The molecule has 0 spiro atoms. The first-order chi connectivity index (χ1) is 12.4. The van der Waals surface area contributed by atoms with Crippen molar-refractivity contribution in [2.75, 3.05) is 18.9 Å². The van der Waals surface area contributed by atoms with Crippen LogP contribution in [-0.2, 0) is 27.7 Å². The van der Waals surface area contributed by atoms with Crippen LogP contribution in [0.15, 0.2) is 53.6 Å². The summed E-state index contributed by atoms with van der Waals surface area (Å²) in [6.07, 6.45) is 2.76. The molecular weight excluding hydrogens is 350 g/mol. The quantitative estimate of drug-likeness (QED) is 0.725. The third kappa shape index (κ3) is 2.89. The zero-order valence-electron chi connectivity index (χ0n) is 14.3. The van der Waals surface area contributed by atoms with Crippen LogP contribution >= 0.6 is 0 Å². The highest BCUT2D eigenvalue weighted by Crippen LogP contribution is 2.27. The van der Waals surface area contributed by atoms with Crippen molar-refractivity contribution in [1.29, 1.82) is 0 Å². The molecule has 0 radical (unpaired) electrons. The van der Waals surface area contributed by atoms with Crippen LogP contribution in [0.25, 0.3) is 10.9 Å². The van der Waals surface area contributed by atoms with Gasteiger partial charge in [-0.25, -0.2) is 12.7 Å². The van der Waals surface area contributed by atoms with Gasteiger partial charge in [0.15, 0.2) is 0 Å². The number of aromatic amines is 1. The Morgan fingerprint density at radius 2 is 1.96 bits per heavy atom. The predicted octanol–water partition coefficient (Wildman–Crippen LogP) is 2.53. The van der Waals surface area contributed by atoms with E-state index in [9.17, 15) is 13.2 Å². The Balaban J connectivity index is 1.53. The Labute approximate surface area is 151 Å². The number of anilines is 1. The molecule has 1 aliphatic heterocycles. The normalized spacial score (nSPS) is 14.0. The van der Waals surface area contributed by atoms with Gasteiger partial charge in [-0.2, -0.15) is 0 Å². The minimum atomic E-state index is -3.60. The molecule has 134 valence electrons. The fraction of sp³-hybridized carbons (Fsp3) is 0.211. The largest absolute Gasteiger partial charge is 0.361 e. The number of nitrogens with zero attached hydrogens (tertiary/aromatic N) is 1. The number of H-pyrrole nitrogens is 1. The molecule has 0 unspecified atom stereocenters. The van der Waals surface area contributed by atoms with E-state index in [0.29, 0.717) is 18.7 Å². The lowest BCUT2D eigenvalue weighted by Crippen LogP contribution is -2.29. The smallest absolute Gasteiger partial charge is 0.242 e. The van der Waals surface area contributed by atoms with Crippen molar-refractivity contribution in [3.63, 3.8) is 0 Å². The van der Waals surface area contributed by atoms with Gasteiger partial charge in [-0.3, -0.25) is 4.79 Å². The van der Waals surface area contributed by atoms with Gasteiger partial charge < -0.3 is 10.3 Å². The number of nitrogens with one attached hydrogen (secondary N) is 2. The van der Waals surface area contributed by atoms with Gasteiger partial charge in [0.2, 0.25) is 15.9 Å². The van der Waals surface area contributed by atoms with Crippen LogP contribution < -0.4 is 5.32 Å². The summed E-state index contributed by atoms with van der Waals surface area (Å²) in [5, 5.41) is 3.83. The number of benzene rings is 2. The molecule has 7 heteroatoms. The lowest BCUT2D eigenvalue weighted by molar-refractivity contribution is -0.115. The Morgan fingerprint density at radius 1 is 1.15 bits per heavy atom. The molecule has 4 rings (SSSR count). The number of hydrogen-bond acceptors (Lipinski definition) is 3. The summed E-state index contributed by atoms with van der Waals surface area (Å²) in [6, 6.07) is 12.7. The number of aromatic nitrogens is 1. The molecule has 26 heavy (non-hydrogen) atoms. The van der Waals surface area contributed by atoms with Gasteiger partial charge >= 0.3 is 0 Å². The van der Waals surface area contributed by atoms with Crippen LogP contribution in [0.5, 0.6) is 0 Å². The lowest BCUT2D eigenvalue weighted by Gasteiger charge is -2.17. The first-order valence-corrected chi connectivity index (χ1v) is 9.83. The van der Waals surface area contributed by atoms with Crippen molar-refractivity contribution in [2.24, 2.45) is 0 Å². The number of para-hydroxylation sites is 1. The number of hydrogen-bond donors (Lipinski definition) is 2. The number of rotatable bonds is 5. The third-order valence-electron chi connectivity index (χ3n) is 4.78. The molecule has 0 bridgehead atoms. The van der Waals surface area contributed by atoms with Gasteiger partial charge in [-0.05, 0) is 41.8 Å². The molecule has 2 heterocycles. The molecule has 3 aromatic rings. The lowest BCUT2D eigenvalue weighted by atomic mass is 10.1. The van der Waals surface area contributed by atoms with Crippen LogP contribution in [0.2, 0.25) is 0 Å². The molecule has 2 N–H and O–H groups in total. The van der Waals surface area contributed by atoms with Gasteiger partial charge in [0.25, 0.3) is 0 Å². The molecule has 0 fully saturated rings. The second-order valence-corrected chi connectivity index (χ2v) is 8.52. The molecule has 1 aliphatic rings. The number of likely N-dealkylation sites (N-methyl/N-ethyl adjacent to an activating group) is 1. The average Bonchev–Trinajstić information content (AvgIpc) is 3.21. The van der Waals surface area contributed by atoms with E-state index >= 15 is 0 Å². The van der Waals surface area contributed by atoms with E-state index < -0.39 is 10.0 Å². The molecule has 1 amide bonds. The maximum absolute atomic E-state index is 12.8. The highest BCUT2D eigenvalue weighted by atomic mass is 32.2. The van der Waals surface area contributed by atoms with Crippen LogP contribution in [0, 0.1) is 0 Å². The minimum Gasteiger partial charge on any atom is -0.361 e. The summed E-state index contributed by atoms with van der Waals surface area (Å²) in [5.41, 5.74) is 3.55. The maximum atomic E-state index is 12.8. The Morgan fingerprint density at radius 3 is 2.81 bits per heavy atom. The SMILES string of the molecule is CN(CCc1c[nH]c2ccccc12)S(=O)(=O)c1ccc2c(c1)CC(=O)N2. The zero-order valence-corrected chi connectivity index (χ0v) is 15.1. The maximum Gasteiger partial charge on any atom is 0.242 e. The number of carbonyl (C=O) groups excluding carboxylic acids is 1. The summed E-state index contributed by atoms with van der Waals surface area (Å²) in [7, 11) is -2.02. The van der Waals surface area contributed by atoms with Gasteiger partial charge in [0, 0.05) is 36.4 Å². The summed E-state index contributed by atoms with van der Waals surface area (Å²) in [6.45, 7) is 0.373. The van der Waals surface area contributed by atoms with Crippen LogP contribution in [-0.4, -0.2) is 37.2 Å². The molecule has 6 nitrogen and oxygen atoms in total. The van der Waals surface area contributed by atoms with Gasteiger partial charge in [-0.1, -0.05) is 18.2 Å². The minimum absolute atomic E-state index is 0.109. The second kappa shape index (κ2) is 6.26. The molecule has 0 aliphatic carbocycles. The predicted molar refractivity (Wildman–Crippen MR) is 101 cm³/mol. The zero-order chi connectivity index (χ0) is 18.3. The van der Waals surface area contributed by atoms with Crippen LogP contribution in [0.1, 0.15) is 11.1 Å². The Kier molecular flexibility index (Phi) is 4.05. The highest BCUT2D eigenvalue weighted by Gasteiger charge is 2.25. The Bertz CT molecular complexity index is 1100. The first kappa shape index (κ1) is 16.8. The fourth-order valence-corrected chi connectivity index (χ4v) is 4.51. The topological polar surface area (TPSA) is 82.3 Å². The van der Waals surface area contributed by atoms with E-state index in [1.54, 1.807) is 25.2 Å². The first-order valence-electron chi connectivity index (χ1n) is 8.39. The average molecular weight is 369 g/mol. The van der Waals surface area contributed by atoms with Crippen molar-refractivity contribution >= 4 is 32.5 Å². The summed E-state index contributed by atoms with van der Waals surface area (Å²) < 4.78 is 27.1. The van der Waals surface area contributed by atoms with E-state index in [0.717, 1.165) is 22.0 Å². The van der Waals surface area contributed by atoms with E-state index in [1.165, 1.54) is 4.31 Å². The van der Waals surface area contributed by atoms with E-state index in [1.807, 2.05) is 30.5 Å². The number of amides is 1. The van der Waals surface area contributed by atoms with E-state index in [2.05, 4.69) is 10.3 Å². The van der Waals surface area contributed by atoms with Crippen LogP contribution in [0.4, 0.5) is 5.69 Å². The van der Waals surface area contributed by atoms with Crippen molar-refractivity contribution in [3.8, 4) is 0 Å². The monoisotopic (exact) mass is 369 g/mol. The molecular formula is C19H19N3O3S. The van der Waals surface area contributed by atoms with Gasteiger partial charge in [0.05, 0.1) is 11.3 Å². The number of sulfonamides is 1. The molecule has 2 aromatic carbocycles. The van der Waals surface area contributed by atoms with Gasteiger partial charge in [-0.15, -0.1) is 0 Å². The number of fused-ring (bicyclic) bond motifs is 2. The molecule has 1 aromatic heterocycles. The highest BCUT2D eigenvalue weighted by molar-refractivity contribution is 7.89. The summed E-state index contributed by atoms with van der Waals surface area (Å²) >= 11 is 0. The Hall–Kier alpha value is -2.64. The second-order valence-electron chi connectivity index (χ2n) is 6.48. The van der Waals surface area contributed by atoms with Crippen molar-refractivity contribution < 1.29 is 13.2 Å². The van der Waals surface area contributed by atoms with E-state index in [4.69, 9.17) is 0 Å². The van der Waals surface area contributed by atoms with Crippen molar-refractivity contribution in [1.82, 2.24) is 9.29 Å². The summed E-state index contributed by atoms with van der Waals surface area (Å²) in [5.74, 6) is -0.109. The standard InChI is InChI=1S/C19H19N3O3S/c1-22(9-8-13-12-20-18-5-3-2-4-16(13)18)26(24,25)15-6-7-17-14(10-15)11-19(23)21-17/h2-7,10,12,20H,8-9,11H2,1H3,(H,21,23). The molecule has 0 saturated heterocycles. The van der Waals surface area contributed by atoms with Gasteiger partial charge in [0.1, 0.15) is 0 Å². The molecule has 0 atom stereocenters. The summed E-state index contributed by atoms with van der Waals surface area (Å²) in [4.78, 5) is 14.9. The van der Waals surface area contributed by atoms with Crippen molar-refractivity contribution in [3.05, 3.63) is 59.8 Å². The van der Waals surface area contributed by atoms with Crippen LogP contribution in [0.3, 0.4) is 0 Å². The van der Waals surface area contributed by atoms with E-state index in [-0.39, 0.29) is 17.2 Å². The van der Waals surface area contributed by atoms with Crippen molar-refractivity contribution in [2.45, 2.75) is 17.7 Å². The third-order valence-corrected chi connectivity index (χ3v) is 6.63. The number of carbonyl (C=O) groups is 1. The fourth-order valence-electron chi connectivity index (χ4n) is 3.28.